The van der Waals surface area contributed by atoms with Crippen molar-refractivity contribution in [2.45, 2.75) is 38.5 Å². The molecule has 0 aliphatic carbocycles. The quantitative estimate of drug-likeness (QED) is 0.663. The molecule has 0 bridgehead atoms. The highest BCUT2D eigenvalue weighted by molar-refractivity contribution is 7.14. The first-order valence-corrected chi connectivity index (χ1v) is 11.8. The molecule has 164 valence electrons. The molecule has 2 saturated heterocycles. The van der Waals surface area contributed by atoms with Crippen LogP contribution in [0.4, 0.5) is 5.13 Å². The number of carbonyl (C=O) groups is 3. The van der Waals surface area contributed by atoms with Crippen LogP contribution in [-0.4, -0.2) is 65.2 Å². The minimum Gasteiger partial charge on any atom is -0.339 e. The number of anilines is 1. The zero-order valence-electron chi connectivity index (χ0n) is 17.7. The van der Waals surface area contributed by atoms with Gasteiger partial charge in [0.2, 0.25) is 17.7 Å². The summed E-state index contributed by atoms with van der Waals surface area (Å²) in [5, 5.41) is 2.56. The van der Waals surface area contributed by atoms with E-state index in [1.54, 1.807) is 4.90 Å². The molecule has 3 heterocycles. The van der Waals surface area contributed by atoms with Crippen LogP contribution in [0, 0.1) is 0 Å². The topological polar surface area (TPSA) is 73.8 Å². The smallest absolute Gasteiger partial charge is 0.228 e. The van der Waals surface area contributed by atoms with Crippen molar-refractivity contribution in [1.82, 2.24) is 14.8 Å². The molecular formula is C23H28N4O3S. The maximum absolute atomic E-state index is 12.7. The number of piperazine rings is 1. The van der Waals surface area contributed by atoms with E-state index in [1.807, 2.05) is 33.4 Å². The van der Waals surface area contributed by atoms with Gasteiger partial charge in [-0.15, -0.1) is 11.3 Å². The molecule has 1 aromatic carbocycles. The number of nitrogens with zero attached hydrogens (tertiary/aromatic N) is 4. The average Bonchev–Trinajstić information content (AvgIpc) is 3.43. The number of rotatable bonds is 7. The third kappa shape index (κ3) is 5.50. The maximum Gasteiger partial charge on any atom is 0.228 e. The van der Waals surface area contributed by atoms with E-state index in [1.165, 1.54) is 16.9 Å². The van der Waals surface area contributed by atoms with Crippen molar-refractivity contribution >= 4 is 34.2 Å². The Bertz CT molecular complexity index is 922. The molecule has 2 fully saturated rings. The Morgan fingerprint density at radius 1 is 0.968 bits per heavy atom. The lowest BCUT2D eigenvalue weighted by molar-refractivity contribution is -0.139. The molecule has 0 spiro atoms. The van der Waals surface area contributed by atoms with Crippen LogP contribution in [0.5, 0.6) is 0 Å². The summed E-state index contributed by atoms with van der Waals surface area (Å²) >= 11 is 1.42. The van der Waals surface area contributed by atoms with Crippen LogP contribution in [0.25, 0.3) is 0 Å². The molecule has 31 heavy (non-hydrogen) atoms. The fourth-order valence-corrected chi connectivity index (χ4v) is 4.94. The molecule has 0 saturated carbocycles. The van der Waals surface area contributed by atoms with Crippen molar-refractivity contribution in [2.24, 2.45) is 0 Å². The first-order valence-electron chi connectivity index (χ1n) is 10.9. The fourth-order valence-electron chi connectivity index (χ4n) is 4.07. The summed E-state index contributed by atoms with van der Waals surface area (Å²) in [5.41, 5.74) is 1.97. The van der Waals surface area contributed by atoms with Gasteiger partial charge in [-0.05, 0) is 24.8 Å². The van der Waals surface area contributed by atoms with E-state index in [4.69, 9.17) is 0 Å². The molecule has 0 radical (unpaired) electrons. The molecule has 4 rings (SSSR count). The van der Waals surface area contributed by atoms with Gasteiger partial charge < -0.3 is 9.80 Å². The van der Waals surface area contributed by atoms with Gasteiger partial charge in [0.15, 0.2) is 5.13 Å². The minimum absolute atomic E-state index is 0.0285. The predicted octanol–water partition coefficient (Wildman–Crippen LogP) is 2.51. The van der Waals surface area contributed by atoms with Gasteiger partial charge in [-0.2, -0.15) is 0 Å². The average molecular weight is 441 g/mol. The van der Waals surface area contributed by atoms with Gasteiger partial charge >= 0.3 is 0 Å². The molecule has 0 N–H and O–H groups in total. The van der Waals surface area contributed by atoms with Gasteiger partial charge in [-0.3, -0.25) is 19.3 Å². The molecule has 8 heteroatoms. The van der Waals surface area contributed by atoms with Crippen molar-refractivity contribution in [3.05, 3.63) is 47.0 Å². The summed E-state index contributed by atoms with van der Waals surface area (Å²) in [7, 11) is 0. The van der Waals surface area contributed by atoms with Gasteiger partial charge in [0.05, 0.1) is 12.1 Å². The number of amides is 3. The molecule has 3 amide bonds. The van der Waals surface area contributed by atoms with E-state index < -0.39 is 0 Å². The number of hydrogen-bond donors (Lipinski definition) is 0. The van der Waals surface area contributed by atoms with E-state index in [0.717, 1.165) is 19.3 Å². The summed E-state index contributed by atoms with van der Waals surface area (Å²) in [4.78, 5) is 46.9. The van der Waals surface area contributed by atoms with Crippen LogP contribution < -0.4 is 4.90 Å². The van der Waals surface area contributed by atoms with Crippen LogP contribution in [0.2, 0.25) is 0 Å². The van der Waals surface area contributed by atoms with E-state index in [2.05, 4.69) is 17.1 Å². The van der Waals surface area contributed by atoms with E-state index in [0.29, 0.717) is 56.4 Å². The minimum atomic E-state index is 0.0285. The van der Waals surface area contributed by atoms with E-state index in [-0.39, 0.29) is 24.1 Å². The fraction of sp³-hybridized carbons (Fsp3) is 0.478. The van der Waals surface area contributed by atoms with Gasteiger partial charge in [-0.25, -0.2) is 4.98 Å². The summed E-state index contributed by atoms with van der Waals surface area (Å²) in [6, 6.07) is 10.2. The lowest BCUT2D eigenvalue weighted by Crippen LogP contribution is -2.51. The zero-order valence-corrected chi connectivity index (χ0v) is 18.5. The van der Waals surface area contributed by atoms with Gasteiger partial charge in [0, 0.05) is 50.9 Å². The van der Waals surface area contributed by atoms with Crippen LogP contribution in [-0.2, 0) is 27.2 Å². The number of carbonyl (C=O) groups excluding carboxylic acids is 3. The molecular weight excluding hydrogens is 412 g/mol. The number of thiazole rings is 1. The Kier molecular flexibility index (Phi) is 6.96. The van der Waals surface area contributed by atoms with E-state index in [9.17, 15) is 14.4 Å². The maximum atomic E-state index is 12.7. The van der Waals surface area contributed by atoms with Crippen LogP contribution in [0.1, 0.15) is 36.9 Å². The third-order valence-electron chi connectivity index (χ3n) is 5.86. The highest BCUT2D eigenvalue weighted by Gasteiger charge is 2.26. The monoisotopic (exact) mass is 440 g/mol. The molecule has 7 nitrogen and oxygen atoms in total. The second-order valence-electron chi connectivity index (χ2n) is 8.05. The van der Waals surface area contributed by atoms with Crippen molar-refractivity contribution in [1.29, 1.82) is 0 Å². The summed E-state index contributed by atoms with van der Waals surface area (Å²) in [6.07, 6.45) is 3.96. The Balaban J connectivity index is 1.19. The van der Waals surface area contributed by atoms with Crippen molar-refractivity contribution in [3.63, 3.8) is 0 Å². The van der Waals surface area contributed by atoms with Crippen molar-refractivity contribution < 1.29 is 14.4 Å². The zero-order chi connectivity index (χ0) is 21.6. The Hall–Kier alpha value is -2.74. The SMILES string of the molecule is O=C(CCCc1ccccc1)N1CCN(C(=O)Cc2csc(N3CCCC3=O)n2)CC1. The molecule has 0 atom stereocenters. The highest BCUT2D eigenvalue weighted by Crippen LogP contribution is 2.25. The molecule has 1 aromatic heterocycles. The standard InChI is InChI=1S/C23H28N4O3S/c28-20(9-4-8-18-6-2-1-3-7-18)25-12-14-26(15-13-25)22(30)16-19-17-31-23(24-19)27-11-5-10-21(27)29/h1-3,6-7,17H,4-5,8-16H2. The van der Waals surface area contributed by atoms with Crippen LogP contribution in [0.15, 0.2) is 35.7 Å². The molecule has 2 aliphatic rings. The number of hydrogen-bond acceptors (Lipinski definition) is 5. The predicted molar refractivity (Wildman–Crippen MR) is 120 cm³/mol. The van der Waals surface area contributed by atoms with Crippen LogP contribution in [0.3, 0.4) is 0 Å². The van der Waals surface area contributed by atoms with Crippen molar-refractivity contribution in [2.75, 3.05) is 37.6 Å². The summed E-state index contributed by atoms with van der Waals surface area (Å²) in [5.74, 6) is 0.306. The van der Waals surface area contributed by atoms with Gasteiger partial charge in [0.25, 0.3) is 0 Å². The summed E-state index contributed by atoms with van der Waals surface area (Å²) in [6.45, 7) is 3.00. The Morgan fingerprint density at radius 3 is 2.35 bits per heavy atom. The molecule has 2 aliphatic heterocycles. The first-order chi connectivity index (χ1) is 15.1. The second-order valence-corrected chi connectivity index (χ2v) is 8.88. The normalized spacial score (nSPS) is 16.8. The summed E-state index contributed by atoms with van der Waals surface area (Å²) < 4.78 is 0. The molecule has 0 unspecified atom stereocenters. The van der Waals surface area contributed by atoms with E-state index >= 15 is 0 Å². The van der Waals surface area contributed by atoms with Gasteiger partial charge in [-0.1, -0.05) is 30.3 Å². The number of aryl methyl sites for hydroxylation is 1. The molecule has 2 aromatic rings. The third-order valence-corrected chi connectivity index (χ3v) is 6.77. The lowest BCUT2D eigenvalue weighted by atomic mass is 10.1. The largest absolute Gasteiger partial charge is 0.339 e. The highest BCUT2D eigenvalue weighted by atomic mass is 32.1. The first kappa shape index (κ1) is 21.5. The van der Waals surface area contributed by atoms with Gasteiger partial charge in [0.1, 0.15) is 0 Å². The van der Waals surface area contributed by atoms with Crippen LogP contribution >= 0.6 is 11.3 Å². The van der Waals surface area contributed by atoms with Crippen molar-refractivity contribution in [3.8, 4) is 0 Å². The Morgan fingerprint density at radius 2 is 1.68 bits per heavy atom. The number of aromatic nitrogens is 1. The second kappa shape index (κ2) is 10.0. The lowest BCUT2D eigenvalue weighted by Gasteiger charge is -2.34. The Labute approximate surface area is 186 Å². The number of benzene rings is 1.